The Morgan fingerprint density at radius 2 is 1.87 bits per heavy atom. The van der Waals surface area contributed by atoms with E-state index in [4.69, 9.17) is 4.74 Å². The molecular formula is C23H22N2O5. The summed E-state index contributed by atoms with van der Waals surface area (Å²) in [5.74, 6) is 0.270. The van der Waals surface area contributed by atoms with Gasteiger partial charge in [-0.15, -0.1) is 0 Å². The maximum absolute atomic E-state index is 12.8. The Morgan fingerprint density at radius 1 is 1.07 bits per heavy atom. The Morgan fingerprint density at radius 3 is 2.63 bits per heavy atom. The Hall–Kier alpha value is -3.48. The van der Waals surface area contributed by atoms with E-state index in [1.165, 1.54) is 7.11 Å². The third-order valence-corrected chi connectivity index (χ3v) is 5.26. The average molecular weight is 406 g/mol. The van der Waals surface area contributed by atoms with Crippen LogP contribution >= 0.6 is 0 Å². The van der Waals surface area contributed by atoms with Crippen molar-refractivity contribution in [3.05, 3.63) is 69.8 Å². The first-order valence-electron chi connectivity index (χ1n) is 9.96. The summed E-state index contributed by atoms with van der Waals surface area (Å²) in [6.07, 6.45) is 3.97. The summed E-state index contributed by atoms with van der Waals surface area (Å²) < 4.78 is 11.8. The van der Waals surface area contributed by atoms with Crippen LogP contribution in [0.5, 0.6) is 5.75 Å². The number of carbonyl (C=O) groups is 2. The molecule has 154 valence electrons. The van der Waals surface area contributed by atoms with Gasteiger partial charge in [0.1, 0.15) is 11.6 Å². The van der Waals surface area contributed by atoms with Gasteiger partial charge in [0.15, 0.2) is 0 Å². The van der Waals surface area contributed by atoms with Crippen LogP contribution in [0.4, 0.5) is 0 Å². The molecule has 0 bridgehead atoms. The molecule has 1 aliphatic heterocycles. The fraction of sp³-hybridized carbons (Fsp3) is 0.304. The van der Waals surface area contributed by atoms with Crippen molar-refractivity contribution in [2.75, 3.05) is 7.11 Å². The van der Waals surface area contributed by atoms with Crippen LogP contribution in [0.25, 0.3) is 10.9 Å². The molecule has 0 spiro atoms. The zero-order chi connectivity index (χ0) is 21.1. The lowest BCUT2D eigenvalue weighted by atomic mass is 10.1. The Balaban J connectivity index is 1.56. The number of rotatable bonds is 4. The number of esters is 2. The summed E-state index contributed by atoms with van der Waals surface area (Å²) in [6.45, 7) is 0.687. The molecule has 0 N–H and O–H groups in total. The second-order valence-corrected chi connectivity index (χ2v) is 7.31. The zero-order valence-corrected chi connectivity index (χ0v) is 16.7. The van der Waals surface area contributed by atoms with Gasteiger partial charge >= 0.3 is 11.9 Å². The number of benzene rings is 2. The average Bonchev–Trinajstić information content (AvgIpc) is 3.00. The first-order valence-corrected chi connectivity index (χ1v) is 9.96. The molecule has 7 nitrogen and oxygen atoms in total. The lowest BCUT2D eigenvalue weighted by Gasteiger charge is -2.11. The van der Waals surface area contributed by atoms with Gasteiger partial charge in [-0.2, -0.15) is 0 Å². The molecule has 4 rings (SSSR count). The Kier molecular flexibility index (Phi) is 5.61. The van der Waals surface area contributed by atoms with Crippen molar-refractivity contribution in [3.8, 4) is 5.75 Å². The first-order chi connectivity index (χ1) is 14.5. The number of fused-ring (bicyclic) bond motifs is 2. The lowest BCUT2D eigenvalue weighted by molar-refractivity contribution is -0.139. The van der Waals surface area contributed by atoms with Crippen molar-refractivity contribution >= 4 is 22.8 Å². The van der Waals surface area contributed by atoms with Crippen molar-refractivity contribution in [1.29, 1.82) is 0 Å². The first kappa shape index (κ1) is 19.8. The summed E-state index contributed by atoms with van der Waals surface area (Å²) in [5.41, 5.74) is 1.54. The zero-order valence-electron chi connectivity index (χ0n) is 16.7. The van der Waals surface area contributed by atoms with Crippen molar-refractivity contribution in [3.63, 3.8) is 0 Å². The third-order valence-electron chi connectivity index (χ3n) is 5.26. The molecule has 0 aliphatic carbocycles. The lowest BCUT2D eigenvalue weighted by Crippen LogP contribution is -2.24. The van der Waals surface area contributed by atoms with Gasteiger partial charge < -0.3 is 9.47 Å². The van der Waals surface area contributed by atoms with E-state index in [0.29, 0.717) is 28.8 Å². The van der Waals surface area contributed by atoms with Gasteiger partial charge in [-0.1, -0.05) is 18.6 Å². The molecule has 30 heavy (non-hydrogen) atoms. The minimum Gasteiger partial charge on any atom is -0.469 e. The van der Waals surface area contributed by atoms with Crippen LogP contribution in [0.1, 0.15) is 41.0 Å². The second-order valence-electron chi connectivity index (χ2n) is 7.31. The van der Waals surface area contributed by atoms with Crippen molar-refractivity contribution < 1.29 is 19.1 Å². The molecule has 2 heterocycles. The number of ether oxygens (including phenoxy) is 2. The molecule has 7 heteroatoms. The van der Waals surface area contributed by atoms with Crippen LogP contribution in [-0.4, -0.2) is 28.6 Å². The van der Waals surface area contributed by atoms with Gasteiger partial charge in [0.05, 0.1) is 30.0 Å². The van der Waals surface area contributed by atoms with Gasteiger partial charge in [0.2, 0.25) is 0 Å². The van der Waals surface area contributed by atoms with Gasteiger partial charge in [-0.3, -0.25) is 14.2 Å². The molecule has 0 saturated heterocycles. The van der Waals surface area contributed by atoms with Gasteiger partial charge in [0, 0.05) is 13.0 Å². The highest BCUT2D eigenvalue weighted by molar-refractivity contribution is 5.95. The van der Waals surface area contributed by atoms with Gasteiger partial charge in [-0.25, -0.2) is 9.78 Å². The van der Waals surface area contributed by atoms with Gasteiger partial charge in [0.25, 0.3) is 5.56 Å². The molecule has 3 aromatic rings. The standard InChI is InChI=1S/C23H22N2O5/c1-29-21(26)13-15-6-9-17(10-7-15)30-23(28)16-8-11-18-19(14-16)24-20-5-3-2-4-12-25(20)22(18)27/h6-11,14H,2-5,12-13H2,1H3. The summed E-state index contributed by atoms with van der Waals surface area (Å²) >= 11 is 0. The van der Waals surface area contributed by atoms with Crippen LogP contribution in [0.2, 0.25) is 0 Å². The normalized spacial score (nSPS) is 13.4. The van der Waals surface area contributed by atoms with Crippen LogP contribution in [0.3, 0.4) is 0 Å². The molecular weight excluding hydrogens is 384 g/mol. The van der Waals surface area contributed by atoms with Gasteiger partial charge in [-0.05, 0) is 48.7 Å². The van der Waals surface area contributed by atoms with E-state index in [9.17, 15) is 14.4 Å². The molecule has 0 amide bonds. The van der Waals surface area contributed by atoms with E-state index in [1.54, 1.807) is 47.0 Å². The highest BCUT2D eigenvalue weighted by Crippen LogP contribution is 2.19. The third kappa shape index (κ3) is 4.10. The number of aryl methyl sites for hydroxylation is 1. The van der Waals surface area contributed by atoms with E-state index in [-0.39, 0.29) is 17.9 Å². The quantitative estimate of drug-likeness (QED) is 0.489. The molecule has 0 unspecified atom stereocenters. The summed E-state index contributed by atoms with van der Waals surface area (Å²) in [7, 11) is 1.34. The number of aromatic nitrogens is 2. The monoisotopic (exact) mass is 406 g/mol. The summed E-state index contributed by atoms with van der Waals surface area (Å²) in [6, 6.07) is 11.5. The van der Waals surface area contributed by atoms with E-state index in [2.05, 4.69) is 9.72 Å². The smallest absolute Gasteiger partial charge is 0.343 e. The topological polar surface area (TPSA) is 87.5 Å². The maximum Gasteiger partial charge on any atom is 0.343 e. The van der Waals surface area contributed by atoms with Crippen LogP contribution in [0.15, 0.2) is 47.3 Å². The molecule has 0 fully saturated rings. The highest BCUT2D eigenvalue weighted by Gasteiger charge is 2.16. The van der Waals surface area contributed by atoms with Crippen molar-refractivity contribution in [2.24, 2.45) is 0 Å². The summed E-state index contributed by atoms with van der Waals surface area (Å²) in [4.78, 5) is 41.4. The van der Waals surface area contributed by atoms with E-state index >= 15 is 0 Å². The molecule has 0 atom stereocenters. The predicted molar refractivity (Wildman–Crippen MR) is 111 cm³/mol. The molecule has 0 saturated carbocycles. The maximum atomic E-state index is 12.8. The van der Waals surface area contributed by atoms with E-state index < -0.39 is 5.97 Å². The molecule has 0 radical (unpaired) electrons. The number of nitrogens with zero attached hydrogens (tertiary/aromatic N) is 2. The fourth-order valence-corrected chi connectivity index (χ4v) is 3.63. The number of carbonyl (C=O) groups excluding carboxylic acids is 2. The largest absolute Gasteiger partial charge is 0.469 e. The van der Waals surface area contributed by atoms with Crippen LogP contribution in [-0.2, 0) is 28.9 Å². The van der Waals surface area contributed by atoms with E-state index in [1.807, 2.05) is 0 Å². The second kappa shape index (κ2) is 8.49. The molecule has 1 aliphatic rings. The number of hydrogen-bond donors (Lipinski definition) is 0. The van der Waals surface area contributed by atoms with E-state index in [0.717, 1.165) is 37.1 Å². The molecule has 1 aromatic heterocycles. The summed E-state index contributed by atoms with van der Waals surface area (Å²) in [5, 5.41) is 0.504. The van der Waals surface area contributed by atoms with Crippen molar-refractivity contribution in [2.45, 2.75) is 38.6 Å². The molecule has 2 aromatic carbocycles. The highest BCUT2D eigenvalue weighted by atomic mass is 16.5. The minimum absolute atomic E-state index is 0.0574. The fourth-order valence-electron chi connectivity index (χ4n) is 3.63. The van der Waals surface area contributed by atoms with Crippen LogP contribution < -0.4 is 10.3 Å². The predicted octanol–water partition coefficient (Wildman–Crippen LogP) is 3.06. The van der Waals surface area contributed by atoms with Crippen LogP contribution in [0, 0.1) is 0 Å². The van der Waals surface area contributed by atoms with Crippen molar-refractivity contribution in [1.82, 2.24) is 9.55 Å². The number of hydrogen-bond acceptors (Lipinski definition) is 6. The Labute approximate surface area is 173 Å². The number of methoxy groups -OCH3 is 1. The Bertz CT molecular complexity index is 1160. The SMILES string of the molecule is COC(=O)Cc1ccc(OC(=O)c2ccc3c(=O)n4c(nc3c2)CCCCC4)cc1. The minimum atomic E-state index is -0.533.